The van der Waals surface area contributed by atoms with Crippen LogP contribution < -0.4 is 4.74 Å². The molecule has 2 nitrogen and oxygen atoms in total. The summed E-state index contributed by atoms with van der Waals surface area (Å²) in [5.41, 5.74) is 1.84. The molecule has 0 atom stereocenters. The Morgan fingerprint density at radius 2 is 1.81 bits per heavy atom. The minimum absolute atomic E-state index is 0.280. The van der Waals surface area contributed by atoms with Crippen molar-refractivity contribution in [2.75, 3.05) is 0 Å². The molecule has 160 valence electrons. The van der Waals surface area contributed by atoms with Crippen molar-refractivity contribution in [2.24, 2.45) is 5.92 Å². The number of carbonyl (C=O) groups is 1. The molecule has 4 rings (SSSR count). The van der Waals surface area contributed by atoms with Gasteiger partial charge in [0.1, 0.15) is 11.6 Å². The van der Waals surface area contributed by atoms with Crippen LogP contribution in [0.4, 0.5) is 4.39 Å². The summed E-state index contributed by atoms with van der Waals surface area (Å²) in [6.07, 6.45) is 11.9. The average molecular weight is 417 g/mol. The van der Waals surface area contributed by atoms with Crippen molar-refractivity contribution in [3.8, 4) is 5.75 Å². The normalized spacial score (nSPS) is 19.0. The van der Waals surface area contributed by atoms with Gasteiger partial charge in [0.05, 0.1) is 5.56 Å². The molecule has 31 heavy (non-hydrogen) atoms. The van der Waals surface area contributed by atoms with Crippen LogP contribution in [0.2, 0.25) is 0 Å². The second-order valence-electron chi connectivity index (χ2n) is 8.50. The Labute approximate surface area is 183 Å². The van der Waals surface area contributed by atoms with E-state index in [0.29, 0.717) is 28.0 Å². The third-order valence-electron chi connectivity index (χ3n) is 6.45. The highest BCUT2D eigenvalue weighted by Gasteiger charge is 2.22. The molecule has 3 aromatic rings. The van der Waals surface area contributed by atoms with Crippen molar-refractivity contribution < 1.29 is 13.9 Å². The summed E-state index contributed by atoms with van der Waals surface area (Å²) in [7, 11) is 0. The van der Waals surface area contributed by atoms with E-state index < -0.39 is 5.97 Å². The summed E-state index contributed by atoms with van der Waals surface area (Å²) in [5, 5.41) is 1.23. The summed E-state index contributed by atoms with van der Waals surface area (Å²) in [6, 6.07) is 17.7. The molecule has 1 aliphatic carbocycles. The Morgan fingerprint density at radius 1 is 1.03 bits per heavy atom. The molecule has 0 amide bonds. The zero-order chi connectivity index (χ0) is 21.6. The molecule has 0 unspecified atom stereocenters. The van der Waals surface area contributed by atoms with Gasteiger partial charge in [0.25, 0.3) is 0 Å². The van der Waals surface area contributed by atoms with Crippen LogP contribution in [0.25, 0.3) is 10.8 Å². The minimum atomic E-state index is -0.394. The first-order valence-corrected chi connectivity index (χ1v) is 11.3. The standard InChI is InChI=1S/C28H29FO2/c1-2-3-4-6-20-9-11-21(12-10-20)22-13-15-23(16-14-22)28(30)31-25-17-18-26-24(19-25)7-5-8-27(26)29/h2-3,5,7-8,13-21H,4,6,9-12H2,1H3/b3-2+. The van der Waals surface area contributed by atoms with E-state index in [-0.39, 0.29) is 5.82 Å². The molecule has 1 saturated carbocycles. The summed E-state index contributed by atoms with van der Waals surface area (Å²) in [5.74, 6) is 1.17. The van der Waals surface area contributed by atoms with Crippen LogP contribution in [0.1, 0.15) is 67.3 Å². The van der Waals surface area contributed by atoms with Gasteiger partial charge in [-0.1, -0.05) is 36.4 Å². The highest BCUT2D eigenvalue weighted by molar-refractivity contribution is 5.92. The lowest BCUT2D eigenvalue weighted by Crippen LogP contribution is -2.14. The van der Waals surface area contributed by atoms with E-state index in [0.717, 1.165) is 5.92 Å². The highest BCUT2D eigenvalue weighted by atomic mass is 19.1. The van der Waals surface area contributed by atoms with Crippen molar-refractivity contribution in [1.29, 1.82) is 0 Å². The SMILES string of the molecule is C/C=C/CCC1CCC(c2ccc(C(=O)Oc3ccc4c(F)cccc4c3)cc2)CC1. The molecular formula is C28H29FO2. The maximum absolute atomic E-state index is 13.8. The zero-order valence-corrected chi connectivity index (χ0v) is 18.0. The molecule has 0 N–H and O–H groups in total. The van der Waals surface area contributed by atoms with E-state index in [2.05, 4.69) is 31.2 Å². The Hall–Kier alpha value is -2.94. The van der Waals surface area contributed by atoms with Crippen molar-refractivity contribution in [3.63, 3.8) is 0 Å². The van der Waals surface area contributed by atoms with Gasteiger partial charge in [-0.05, 0) is 105 Å². The molecule has 0 bridgehead atoms. The van der Waals surface area contributed by atoms with Crippen LogP contribution in [0, 0.1) is 11.7 Å². The molecule has 0 heterocycles. The molecule has 0 aliphatic heterocycles. The molecular weight excluding hydrogens is 387 g/mol. The van der Waals surface area contributed by atoms with Crippen molar-refractivity contribution in [2.45, 2.75) is 51.4 Å². The van der Waals surface area contributed by atoms with Gasteiger partial charge in [-0.25, -0.2) is 9.18 Å². The van der Waals surface area contributed by atoms with Crippen molar-refractivity contribution in [1.82, 2.24) is 0 Å². The van der Waals surface area contributed by atoms with Crippen molar-refractivity contribution in [3.05, 3.63) is 89.8 Å². The van der Waals surface area contributed by atoms with E-state index in [9.17, 15) is 9.18 Å². The number of halogens is 1. The van der Waals surface area contributed by atoms with Crippen LogP contribution in [-0.4, -0.2) is 5.97 Å². The summed E-state index contributed by atoms with van der Waals surface area (Å²) < 4.78 is 19.3. The predicted octanol–water partition coefficient (Wildman–Crippen LogP) is 7.83. The summed E-state index contributed by atoms with van der Waals surface area (Å²) >= 11 is 0. The van der Waals surface area contributed by atoms with Gasteiger partial charge in [0, 0.05) is 5.39 Å². The fraction of sp³-hybridized carbons (Fsp3) is 0.321. The van der Waals surface area contributed by atoms with Gasteiger partial charge >= 0.3 is 5.97 Å². The monoisotopic (exact) mass is 416 g/mol. The minimum Gasteiger partial charge on any atom is -0.423 e. The molecule has 0 aromatic heterocycles. The first-order valence-electron chi connectivity index (χ1n) is 11.3. The summed E-state index contributed by atoms with van der Waals surface area (Å²) in [4.78, 5) is 12.6. The smallest absolute Gasteiger partial charge is 0.343 e. The molecule has 1 fully saturated rings. The number of esters is 1. The van der Waals surface area contributed by atoms with E-state index >= 15 is 0 Å². The van der Waals surface area contributed by atoms with Crippen LogP contribution in [0.3, 0.4) is 0 Å². The topological polar surface area (TPSA) is 26.3 Å². The Kier molecular flexibility index (Phi) is 6.81. The largest absolute Gasteiger partial charge is 0.423 e. The van der Waals surface area contributed by atoms with Gasteiger partial charge in [-0.15, -0.1) is 0 Å². The van der Waals surface area contributed by atoms with E-state index in [1.807, 2.05) is 12.1 Å². The number of hydrogen-bond donors (Lipinski definition) is 0. The van der Waals surface area contributed by atoms with Gasteiger partial charge in [-0.3, -0.25) is 0 Å². The third kappa shape index (κ3) is 5.22. The number of rotatable bonds is 6. The number of ether oxygens (including phenoxy) is 1. The zero-order valence-electron chi connectivity index (χ0n) is 18.0. The number of carbonyl (C=O) groups excluding carboxylic acids is 1. The number of benzene rings is 3. The number of hydrogen-bond acceptors (Lipinski definition) is 2. The molecule has 3 aromatic carbocycles. The Morgan fingerprint density at radius 3 is 2.55 bits per heavy atom. The number of allylic oxidation sites excluding steroid dienone is 2. The van der Waals surface area contributed by atoms with Crippen LogP contribution >= 0.6 is 0 Å². The molecule has 0 spiro atoms. The van der Waals surface area contributed by atoms with Gasteiger partial charge < -0.3 is 4.74 Å². The maximum Gasteiger partial charge on any atom is 0.343 e. The number of fused-ring (bicyclic) bond motifs is 1. The van der Waals surface area contributed by atoms with Crippen LogP contribution in [-0.2, 0) is 0 Å². The predicted molar refractivity (Wildman–Crippen MR) is 124 cm³/mol. The first-order chi connectivity index (χ1) is 15.1. The molecule has 1 aliphatic rings. The van der Waals surface area contributed by atoms with Crippen LogP contribution in [0.5, 0.6) is 5.75 Å². The fourth-order valence-electron chi connectivity index (χ4n) is 4.63. The van der Waals surface area contributed by atoms with Crippen molar-refractivity contribution >= 4 is 16.7 Å². The Balaban J connectivity index is 1.35. The van der Waals surface area contributed by atoms with Crippen LogP contribution in [0.15, 0.2) is 72.8 Å². The lowest BCUT2D eigenvalue weighted by molar-refractivity contribution is 0.0735. The lowest BCUT2D eigenvalue weighted by atomic mass is 9.77. The summed E-state index contributed by atoms with van der Waals surface area (Å²) in [6.45, 7) is 2.08. The fourth-order valence-corrected chi connectivity index (χ4v) is 4.63. The second-order valence-corrected chi connectivity index (χ2v) is 8.50. The van der Waals surface area contributed by atoms with E-state index in [1.165, 1.54) is 50.2 Å². The highest BCUT2D eigenvalue weighted by Crippen LogP contribution is 2.37. The first kappa shape index (κ1) is 21.3. The second kappa shape index (κ2) is 9.91. The molecule has 0 saturated heterocycles. The average Bonchev–Trinajstić information content (AvgIpc) is 2.80. The van der Waals surface area contributed by atoms with Gasteiger partial charge in [0.2, 0.25) is 0 Å². The van der Waals surface area contributed by atoms with E-state index in [1.54, 1.807) is 30.3 Å². The third-order valence-corrected chi connectivity index (χ3v) is 6.45. The molecule has 3 heteroatoms. The van der Waals surface area contributed by atoms with Gasteiger partial charge in [-0.2, -0.15) is 0 Å². The lowest BCUT2D eigenvalue weighted by Gasteiger charge is -2.28. The molecule has 0 radical (unpaired) electrons. The van der Waals surface area contributed by atoms with E-state index in [4.69, 9.17) is 4.74 Å². The Bertz CT molecular complexity index is 1060. The quantitative estimate of drug-likeness (QED) is 0.232. The maximum atomic E-state index is 13.8. The van der Waals surface area contributed by atoms with Gasteiger partial charge in [0.15, 0.2) is 0 Å².